The molecule has 0 bridgehead atoms. The summed E-state index contributed by atoms with van der Waals surface area (Å²) < 4.78 is 5.68. The first kappa shape index (κ1) is 24.5. The SMILES string of the molecule is C/C=C(/OC(C)=O)C(CC)C1(C)CCC2C(CCC3CCCCC32C)C1C.CC. The zero-order valence-electron chi connectivity index (χ0n) is 20.6. The molecule has 0 saturated heterocycles. The largest absolute Gasteiger partial charge is 0.431 e. The van der Waals surface area contributed by atoms with Crippen LogP contribution in [0.15, 0.2) is 11.8 Å². The van der Waals surface area contributed by atoms with E-state index in [-0.39, 0.29) is 11.4 Å². The lowest BCUT2D eigenvalue weighted by molar-refractivity contribution is -0.142. The molecule has 3 saturated carbocycles. The number of hydrogen-bond donors (Lipinski definition) is 0. The third-order valence-corrected chi connectivity index (χ3v) is 9.43. The molecule has 0 N–H and O–H groups in total. The number of allylic oxidation sites excluding steroid dienone is 2. The predicted molar refractivity (Wildman–Crippen MR) is 123 cm³/mol. The summed E-state index contributed by atoms with van der Waals surface area (Å²) in [5.41, 5.74) is 0.808. The van der Waals surface area contributed by atoms with E-state index in [2.05, 4.69) is 27.7 Å². The molecule has 3 aliphatic carbocycles. The van der Waals surface area contributed by atoms with Gasteiger partial charge in [0.25, 0.3) is 0 Å². The van der Waals surface area contributed by atoms with E-state index in [9.17, 15) is 4.79 Å². The summed E-state index contributed by atoms with van der Waals surface area (Å²) in [6, 6.07) is 0. The summed E-state index contributed by atoms with van der Waals surface area (Å²) in [7, 11) is 0. The molecule has 0 aliphatic heterocycles. The fourth-order valence-corrected chi connectivity index (χ4v) is 7.78. The molecule has 0 aromatic carbocycles. The molecule has 0 amide bonds. The van der Waals surface area contributed by atoms with Crippen LogP contribution in [-0.4, -0.2) is 5.97 Å². The van der Waals surface area contributed by atoms with Gasteiger partial charge < -0.3 is 4.74 Å². The number of fused-ring (bicyclic) bond motifs is 3. The molecular formula is C27H48O2. The predicted octanol–water partition coefficient (Wildman–Crippen LogP) is 8.16. The van der Waals surface area contributed by atoms with E-state index in [1.807, 2.05) is 26.8 Å². The van der Waals surface area contributed by atoms with Crippen molar-refractivity contribution in [2.75, 3.05) is 0 Å². The van der Waals surface area contributed by atoms with Crippen LogP contribution in [0.4, 0.5) is 0 Å². The highest BCUT2D eigenvalue weighted by Gasteiger charge is 2.56. The fourth-order valence-electron chi connectivity index (χ4n) is 7.78. The molecule has 0 radical (unpaired) electrons. The second-order valence-electron chi connectivity index (χ2n) is 10.4. The van der Waals surface area contributed by atoms with E-state index < -0.39 is 0 Å². The van der Waals surface area contributed by atoms with Gasteiger partial charge in [0.05, 0.1) is 0 Å². The molecule has 29 heavy (non-hydrogen) atoms. The lowest BCUT2D eigenvalue weighted by atomic mass is 9.43. The Morgan fingerprint density at radius 1 is 1.10 bits per heavy atom. The van der Waals surface area contributed by atoms with Gasteiger partial charge in [-0.2, -0.15) is 0 Å². The van der Waals surface area contributed by atoms with Gasteiger partial charge in [-0.3, -0.25) is 4.79 Å². The first-order chi connectivity index (χ1) is 13.8. The third kappa shape index (κ3) is 4.47. The lowest BCUT2D eigenvalue weighted by Gasteiger charge is -2.61. The van der Waals surface area contributed by atoms with Crippen molar-refractivity contribution >= 4 is 5.97 Å². The second kappa shape index (κ2) is 10.0. The Bertz CT molecular complexity index is 579. The molecule has 0 heterocycles. The van der Waals surface area contributed by atoms with Crippen LogP contribution in [0.2, 0.25) is 0 Å². The molecule has 2 nitrogen and oxygen atoms in total. The quantitative estimate of drug-likeness (QED) is 0.349. The molecule has 7 atom stereocenters. The molecule has 7 unspecified atom stereocenters. The molecule has 168 valence electrons. The van der Waals surface area contributed by atoms with E-state index >= 15 is 0 Å². The zero-order chi connectivity index (χ0) is 21.8. The van der Waals surface area contributed by atoms with Crippen molar-refractivity contribution in [2.45, 2.75) is 113 Å². The van der Waals surface area contributed by atoms with Crippen molar-refractivity contribution in [1.82, 2.24) is 0 Å². The van der Waals surface area contributed by atoms with Gasteiger partial charge in [0.1, 0.15) is 5.76 Å². The van der Waals surface area contributed by atoms with Crippen molar-refractivity contribution < 1.29 is 9.53 Å². The van der Waals surface area contributed by atoms with Crippen LogP contribution < -0.4 is 0 Å². The third-order valence-electron chi connectivity index (χ3n) is 9.43. The average molecular weight is 405 g/mol. The van der Waals surface area contributed by atoms with Gasteiger partial charge in [-0.05, 0) is 92.4 Å². The highest BCUT2D eigenvalue weighted by atomic mass is 16.5. The molecule has 2 heteroatoms. The van der Waals surface area contributed by atoms with E-state index in [1.165, 1.54) is 58.3 Å². The molecule has 0 aromatic rings. The first-order valence-corrected chi connectivity index (χ1v) is 12.6. The maximum atomic E-state index is 11.7. The van der Waals surface area contributed by atoms with Gasteiger partial charge in [-0.1, -0.05) is 54.4 Å². The Morgan fingerprint density at radius 3 is 2.38 bits per heavy atom. The van der Waals surface area contributed by atoms with Crippen LogP contribution >= 0.6 is 0 Å². The standard InChI is InChI=1S/C25H42O2.C2H6/c1-7-21(23(8-2)27-18(4)26)24(5)16-14-22-20(17(24)3)13-12-19-11-9-10-15-25(19,22)6;1-2/h8,17,19-22H,7,9-16H2,1-6H3;1-2H3/b23-8+;. The summed E-state index contributed by atoms with van der Waals surface area (Å²) in [6.45, 7) is 17.5. The highest BCUT2D eigenvalue weighted by molar-refractivity contribution is 5.67. The number of rotatable bonds is 4. The smallest absolute Gasteiger partial charge is 0.307 e. The number of carbonyl (C=O) groups is 1. The Balaban J connectivity index is 0.00000145. The molecule has 3 rings (SSSR count). The zero-order valence-corrected chi connectivity index (χ0v) is 20.6. The van der Waals surface area contributed by atoms with Gasteiger partial charge >= 0.3 is 5.97 Å². The minimum absolute atomic E-state index is 0.179. The van der Waals surface area contributed by atoms with Gasteiger partial charge in [-0.25, -0.2) is 0 Å². The molecule has 3 fully saturated rings. The van der Waals surface area contributed by atoms with Crippen LogP contribution in [-0.2, 0) is 9.53 Å². The molecule has 3 aliphatic rings. The lowest BCUT2D eigenvalue weighted by Crippen LogP contribution is -2.54. The summed E-state index contributed by atoms with van der Waals surface area (Å²) in [5.74, 6) is 4.48. The summed E-state index contributed by atoms with van der Waals surface area (Å²) >= 11 is 0. The summed E-state index contributed by atoms with van der Waals surface area (Å²) in [6.07, 6.45) is 14.4. The van der Waals surface area contributed by atoms with Crippen LogP contribution in [0.5, 0.6) is 0 Å². The number of hydrogen-bond acceptors (Lipinski definition) is 2. The topological polar surface area (TPSA) is 26.3 Å². The van der Waals surface area contributed by atoms with E-state index in [0.717, 1.165) is 29.9 Å². The van der Waals surface area contributed by atoms with Gasteiger partial charge in [0, 0.05) is 12.8 Å². The number of esters is 1. The maximum Gasteiger partial charge on any atom is 0.307 e. The van der Waals surface area contributed by atoms with E-state index in [4.69, 9.17) is 4.74 Å². The van der Waals surface area contributed by atoms with Crippen LogP contribution in [0.1, 0.15) is 113 Å². The van der Waals surface area contributed by atoms with Crippen molar-refractivity contribution in [3.63, 3.8) is 0 Å². The fraction of sp³-hybridized carbons (Fsp3) is 0.889. The number of carbonyl (C=O) groups excluding carboxylic acids is 1. The van der Waals surface area contributed by atoms with Crippen molar-refractivity contribution in [2.24, 2.45) is 40.4 Å². The molecule has 0 spiro atoms. The van der Waals surface area contributed by atoms with E-state index in [0.29, 0.717) is 17.3 Å². The summed E-state index contributed by atoms with van der Waals surface area (Å²) in [4.78, 5) is 11.7. The van der Waals surface area contributed by atoms with Crippen LogP contribution in [0.3, 0.4) is 0 Å². The Morgan fingerprint density at radius 2 is 1.79 bits per heavy atom. The normalized spacial score (nSPS) is 40.6. The Hall–Kier alpha value is -0.790. The van der Waals surface area contributed by atoms with Crippen molar-refractivity contribution in [3.05, 3.63) is 11.8 Å². The Kier molecular flexibility index (Phi) is 8.45. The summed E-state index contributed by atoms with van der Waals surface area (Å²) in [5, 5.41) is 0. The minimum atomic E-state index is -0.179. The maximum absolute atomic E-state index is 11.7. The number of ether oxygens (including phenoxy) is 1. The van der Waals surface area contributed by atoms with E-state index in [1.54, 1.807) is 0 Å². The van der Waals surface area contributed by atoms with Crippen molar-refractivity contribution in [3.8, 4) is 0 Å². The first-order valence-electron chi connectivity index (χ1n) is 12.6. The van der Waals surface area contributed by atoms with Crippen molar-refractivity contribution in [1.29, 1.82) is 0 Å². The molecule has 0 aromatic heterocycles. The monoisotopic (exact) mass is 404 g/mol. The van der Waals surface area contributed by atoms with Crippen LogP contribution in [0, 0.1) is 40.4 Å². The molecular weight excluding hydrogens is 356 g/mol. The van der Waals surface area contributed by atoms with Gasteiger partial charge in [0.2, 0.25) is 0 Å². The van der Waals surface area contributed by atoms with Crippen LogP contribution in [0.25, 0.3) is 0 Å². The highest BCUT2D eigenvalue weighted by Crippen LogP contribution is 2.64. The van der Waals surface area contributed by atoms with Gasteiger partial charge in [0.15, 0.2) is 0 Å². The second-order valence-corrected chi connectivity index (χ2v) is 10.4. The Labute approximate surface area is 181 Å². The van der Waals surface area contributed by atoms with Gasteiger partial charge in [-0.15, -0.1) is 0 Å². The minimum Gasteiger partial charge on any atom is -0.431 e. The average Bonchev–Trinajstić information content (AvgIpc) is 2.71.